The molecule has 0 saturated heterocycles. The molecule has 2 aromatic carbocycles. The second-order valence-electron chi connectivity index (χ2n) is 7.40. The summed E-state index contributed by atoms with van der Waals surface area (Å²) in [5, 5.41) is 4.55. The lowest BCUT2D eigenvalue weighted by Crippen LogP contribution is -2.28. The van der Waals surface area contributed by atoms with E-state index < -0.39 is 33.2 Å². The van der Waals surface area contributed by atoms with Crippen LogP contribution in [0.15, 0.2) is 58.9 Å². The fourth-order valence-electron chi connectivity index (χ4n) is 3.15. The number of benzene rings is 2. The molecule has 2 heterocycles. The molecule has 33 heavy (non-hydrogen) atoms. The van der Waals surface area contributed by atoms with E-state index in [1.54, 1.807) is 17.0 Å². The van der Waals surface area contributed by atoms with Crippen molar-refractivity contribution in [2.24, 2.45) is 12.0 Å². The quantitative estimate of drug-likeness (QED) is 0.437. The molecule has 4 aromatic rings. The van der Waals surface area contributed by atoms with Gasteiger partial charge in [0.25, 0.3) is 5.91 Å². The summed E-state index contributed by atoms with van der Waals surface area (Å²) in [6, 6.07) is 15.3. The summed E-state index contributed by atoms with van der Waals surface area (Å²) in [6.07, 6.45) is 0. The van der Waals surface area contributed by atoms with Crippen molar-refractivity contribution in [2.45, 2.75) is 6.92 Å². The van der Waals surface area contributed by atoms with Gasteiger partial charge in [-0.25, -0.2) is 13.4 Å². The van der Waals surface area contributed by atoms with Crippen LogP contribution in [0.3, 0.4) is 0 Å². The van der Waals surface area contributed by atoms with Gasteiger partial charge in [-0.3, -0.25) is 9.59 Å². The Morgan fingerprint density at radius 2 is 1.88 bits per heavy atom. The van der Waals surface area contributed by atoms with Gasteiger partial charge in [-0.2, -0.15) is 4.99 Å². The van der Waals surface area contributed by atoms with E-state index in [0.29, 0.717) is 10.5 Å². The number of rotatable bonds is 6. The molecule has 2 amide bonds. The molecule has 0 radical (unpaired) electrons. The number of carbonyl (C=O) groups is 2. The highest BCUT2D eigenvalue weighted by atomic mass is 32.2. The van der Waals surface area contributed by atoms with E-state index in [1.165, 1.54) is 22.7 Å². The molecule has 2 aromatic heterocycles. The van der Waals surface area contributed by atoms with Crippen LogP contribution in [0.25, 0.3) is 21.5 Å². The van der Waals surface area contributed by atoms with Crippen molar-refractivity contribution in [1.82, 2.24) is 9.55 Å². The van der Waals surface area contributed by atoms with Gasteiger partial charge in [-0.15, -0.1) is 11.3 Å². The van der Waals surface area contributed by atoms with Crippen LogP contribution < -0.4 is 10.1 Å². The molecule has 0 unspecified atom stereocenters. The highest BCUT2D eigenvalue weighted by molar-refractivity contribution is 7.92. The number of hydrogen-bond acceptors (Lipinski definition) is 7. The number of anilines is 1. The summed E-state index contributed by atoms with van der Waals surface area (Å²) in [4.78, 5) is 33.2. The number of aryl methyl sites for hydroxylation is 2. The maximum Gasteiger partial charge on any atom is 0.263 e. The number of nitrogens with zero attached hydrogens (tertiary/aromatic N) is 3. The van der Waals surface area contributed by atoms with Gasteiger partial charge in [0.1, 0.15) is 11.5 Å². The minimum absolute atomic E-state index is 0.290. The van der Waals surface area contributed by atoms with E-state index in [2.05, 4.69) is 15.3 Å². The van der Waals surface area contributed by atoms with Crippen LogP contribution in [0.1, 0.15) is 5.56 Å². The van der Waals surface area contributed by atoms with Crippen LogP contribution in [0, 0.1) is 6.92 Å². The number of amides is 2. The molecular formula is C22H20N4O4S3. The largest absolute Gasteiger partial charge is 0.319 e. The summed E-state index contributed by atoms with van der Waals surface area (Å²) >= 11 is 2.50. The lowest BCUT2D eigenvalue weighted by molar-refractivity contribution is -0.115. The number of nitrogens with one attached hydrogen (secondary N) is 1. The normalized spacial score (nSPS) is 12.2. The Labute approximate surface area is 198 Å². The fourth-order valence-corrected chi connectivity index (χ4v) is 6.04. The van der Waals surface area contributed by atoms with Crippen molar-refractivity contribution in [3.63, 3.8) is 0 Å². The molecule has 0 aliphatic heterocycles. The van der Waals surface area contributed by atoms with E-state index in [0.717, 1.165) is 21.3 Å². The van der Waals surface area contributed by atoms with Crippen molar-refractivity contribution in [2.75, 3.05) is 16.8 Å². The van der Waals surface area contributed by atoms with Gasteiger partial charge in [0, 0.05) is 18.0 Å². The van der Waals surface area contributed by atoms with E-state index in [9.17, 15) is 18.0 Å². The molecule has 1 N–H and O–H groups in total. The summed E-state index contributed by atoms with van der Waals surface area (Å²) in [6.45, 7) is 1.97. The molecule has 8 nitrogen and oxygen atoms in total. The molecule has 0 bridgehead atoms. The Balaban J connectivity index is 1.41. The van der Waals surface area contributed by atoms with Crippen molar-refractivity contribution >= 4 is 59.7 Å². The smallest absolute Gasteiger partial charge is 0.263 e. The number of aromatic nitrogens is 2. The van der Waals surface area contributed by atoms with Gasteiger partial charge < -0.3 is 9.88 Å². The SMILES string of the molecule is Cc1ccc2c(c1)sc(=NC(=O)CS(=O)(=O)CC(=O)Nc1nc(-c3ccccc3)cs1)n2C. The third-order valence-corrected chi connectivity index (χ3v) is 7.94. The van der Waals surface area contributed by atoms with E-state index in [1.807, 2.05) is 55.5 Å². The zero-order valence-electron chi connectivity index (χ0n) is 17.8. The first-order valence-electron chi connectivity index (χ1n) is 9.85. The van der Waals surface area contributed by atoms with Crippen LogP contribution in [-0.2, 0) is 26.5 Å². The standard InChI is InChI=1S/C22H20N4O4S3/c1-14-8-9-17-18(10-14)32-22(26(17)2)25-20(28)13-33(29,30)12-19(27)24-21-23-16(11-31-21)15-6-4-3-5-7-15/h3-11H,12-13H2,1-2H3,(H,23,24,27). The van der Waals surface area contributed by atoms with Gasteiger partial charge in [0.2, 0.25) is 5.91 Å². The predicted molar refractivity (Wildman–Crippen MR) is 131 cm³/mol. The minimum atomic E-state index is -4.00. The van der Waals surface area contributed by atoms with Crippen molar-refractivity contribution in [3.8, 4) is 11.3 Å². The molecule has 170 valence electrons. The summed E-state index contributed by atoms with van der Waals surface area (Å²) in [5.41, 5.74) is 3.54. The first kappa shape index (κ1) is 23.0. The van der Waals surface area contributed by atoms with Crippen LogP contribution in [-0.4, -0.2) is 41.3 Å². The van der Waals surface area contributed by atoms with Gasteiger partial charge >= 0.3 is 0 Å². The van der Waals surface area contributed by atoms with E-state index >= 15 is 0 Å². The number of thiazole rings is 2. The Morgan fingerprint density at radius 1 is 1.12 bits per heavy atom. The molecular weight excluding hydrogens is 480 g/mol. The third-order valence-electron chi connectivity index (χ3n) is 4.70. The zero-order chi connectivity index (χ0) is 23.6. The molecule has 0 spiro atoms. The number of sulfone groups is 1. The fraction of sp³-hybridized carbons (Fsp3) is 0.182. The van der Waals surface area contributed by atoms with Crippen molar-refractivity contribution < 1.29 is 18.0 Å². The van der Waals surface area contributed by atoms with E-state index in [-0.39, 0.29) is 5.13 Å². The average molecular weight is 501 g/mol. The minimum Gasteiger partial charge on any atom is -0.319 e. The lowest BCUT2D eigenvalue weighted by Gasteiger charge is -2.02. The second kappa shape index (κ2) is 9.38. The van der Waals surface area contributed by atoms with Crippen molar-refractivity contribution in [3.05, 3.63) is 64.3 Å². The summed E-state index contributed by atoms with van der Waals surface area (Å²) in [7, 11) is -2.23. The average Bonchev–Trinajstić information content (AvgIpc) is 3.32. The third kappa shape index (κ3) is 5.62. The highest BCUT2D eigenvalue weighted by Gasteiger charge is 2.22. The topological polar surface area (TPSA) is 110 Å². The highest BCUT2D eigenvalue weighted by Crippen LogP contribution is 2.24. The molecule has 0 saturated carbocycles. The Hall–Kier alpha value is -3.15. The molecule has 0 atom stereocenters. The van der Waals surface area contributed by atoms with Crippen LogP contribution in [0.4, 0.5) is 5.13 Å². The summed E-state index contributed by atoms with van der Waals surface area (Å²) < 4.78 is 27.5. The molecule has 0 fully saturated rings. The predicted octanol–water partition coefficient (Wildman–Crippen LogP) is 3.15. The second-order valence-corrected chi connectivity index (χ2v) is 11.3. The monoisotopic (exact) mass is 500 g/mol. The molecule has 0 aliphatic rings. The van der Waals surface area contributed by atoms with Crippen LogP contribution in [0.5, 0.6) is 0 Å². The zero-order valence-corrected chi connectivity index (χ0v) is 20.3. The number of carbonyl (C=O) groups excluding carboxylic acids is 2. The van der Waals surface area contributed by atoms with E-state index in [4.69, 9.17) is 0 Å². The Morgan fingerprint density at radius 3 is 2.64 bits per heavy atom. The Bertz CT molecular complexity index is 1520. The molecule has 11 heteroatoms. The van der Waals surface area contributed by atoms with Crippen molar-refractivity contribution in [1.29, 1.82) is 0 Å². The van der Waals surface area contributed by atoms with Gasteiger partial charge in [0.05, 0.1) is 15.9 Å². The molecule has 4 rings (SSSR count). The maximum atomic E-state index is 12.4. The first-order chi connectivity index (χ1) is 15.7. The van der Waals surface area contributed by atoms with Gasteiger partial charge in [0.15, 0.2) is 19.8 Å². The van der Waals surface area contributed by atoms with Gasteiger partial charge in [-0.05, 0) is 24.6 Å². The van der Waals surface area contributed by atoms with Gasteiger partial charge in [-0.1, -0.05) is 47.7 Å². The first-order valence-corrected chi connectivity index (χ1v) is 13.4. The number of fused-ring (bicyclic) bond motifs is 1. The van der Waals surface area contributed by atoms with Crippen LogP contribution in [0.2, 0.25) is 0 Å². The Kier molecular flexibility index (Phi) is 6.54. The maximum absolute atomic E-state index is 12.4. The molecule has 0 aliphatic carbocycles. The van der Waals surface area contributed by atoms with Crippen LogP contribution >= 0.6 is 22.7 Å². The summed E-state index contributed by atoms with van der Waals surface area (Å²) in [5.74, 6) is -3.24. The number of hydrogen-bond donors (Lipinski definition) is 1. The lowest BCUT2D eigenvalue weighted by atomic mass is 10.2.